The van der Waals surface area contributed by atoms with Crippen LogP contribution < -0.4 is 0 Å². The van der Waals surface area contributed by atoms with Crippen LogP contribution in [0.25, 0.3) is 0 Å². The Morgan fingerprint density at radius 1 is 0.943 bits per heavy atom. The highest BCUT2D eigenvalue weighted by molar-refractivity contribution is 5.73. The van der Waals surface area contributed by atoms with Crippen LogP contribution in [0, 0.1) is 23.7 Å². The molecule has 4 saturated heterocycles. The smallest absolute Gasteiger partial charge is 0.311 e. The van der Waals surface area contributed by atoms with Gasteiger partial charge >= 0.3 is 5.97 Å². The van der Waals surface area contributed by atoms with E-state index in [1.807, 2.05) is 41.7 Å². The molecule has 0 spiro atoms. The Kier molecular flexibility index (Phi) is 14.6. The van der Waals surface area contributed by atoms with Gasteiger partial charge in [-0.15, -0.1) is 0 Å². The quantitative estimate of drug-likeness (QED) is 0.251. The van der Waals surface area contributed by atoms with Crippen LogP contribution in [0.5, 0.6) is 0 Å². The molecule has 4 N–H and O–H groups in total. The molecular formula is C40H73NO12. The summed E-state index contributed by atoms with van der Waals surface area (Å²) in [4.78, 5) is 16.4. The van der Waals surface area contributed by atoms with Crippen molar-refractivity contribution < 1.29 is 58.4 Å². The van der Waals surface area contributed by atoms with E-state index >= 15 is 0 Å². The maximum absolute atomic E-state index is 14.3. The van der Waals surface area contributed by atoms with Crippen molar-refractivity contribution >= 4 is 5.97 Å². The molecule has 13 nitrogen and oxygen atoms in total. The van der Waals surface area contributed by atoms with Gasteiger partial charge in [0.1, 0.15) is 23.9 Å². The Balaban J connectivity index is 1.85. The minimum Gasteiger partial charge on any atom is -0.459 e. The fourth-order valence-corrected chi connectivity index (χ4v) is 9.59. The van der Waals surface area contributed by atoms with E-state index in [4.69, 9.17) is 33.2 Å². The molecule has 4 aliphatic rings. The van der Waals surface area contributed by atoms with Crippen LogP contribution in [-0.2, 0) is 38.0 Å². The van der Waals surface area contributed by atoms with Gasteiger partial charge in [-0.05, 0) is 87.6 Å². The summed E-state index contributed by atoms with van der Waals surface area (Å²) >= 11 is 0. The topological polar surface area (TPSA) is 166 Å². The van der Waals surface area contributed by atoms with Gasteiger partial charge in [0.15, 0.2) is 12.6 Å². The van der Waals surface area contributed by atoms with Gasteiger partial charge in [0, 0.05) is 37.5 Å². The fourth-order valence-electron chi connectivity index (χ4n) is 9.59. The van der Waals surface area contributed by atoms with Crippen molar-refractivity contribution in [3.05, 3.63) is 0 Å². The van der Waals surface area contributed by atoms with Crippen molar-refractivity contribution in [3.8, 4) is 0 Å². The zero-order valence-electron chi connectivity index (χ0n) is 34.9. The molecule has 310 valence electrons. The van der Waals surface area contributed by atoms with Crippen molar-refractivity contribution in [2.75, 3.05) is 14.2 Å². The van der Waals surface area contributed by atoms with Crippen molar-refractivity contribution in [3.63, 3.8) is 0 Å². The number of aliphatic hydroxyl groups excluding tert-OH is 3. The van der Waals surface area contributed by atoms with E-state index in [2.05, 4.69) is 25.7 Å². The molecule has 4 fully saturated rings. The minimum absolute atomic E-state index is 0.0620. The molecule has 4 heterocycles. The number of likely N-dealkylation sites (N-methyl/N-ethyl adjacent to an activating group) is 1. The lowest BCUT2D eigenvalue weighted by Gasteiger charge is -2.49. The molecule has 13 heteroatoms. The van der Waals surface area contributed by atoms with Gasteiger partial charge in [0.25, 0.3) is 0 Å². The number of esters is 1. The van der Waals surface area contributed by atoms with Gasteiger partial charge in [-0.25, -0.2) is 0 Å². The Morgan fingerprint density at radius 2 is 1.58 bits per heavy atom. The maximum atomic E-state index is 14.3. The molecule has 0 aromatic rings. The summed E-state index contributed by atoms with van der Waals surface area (Å²) < 4.78 is 45.3. The average Bonchev–Trinajstić information content (AvgIpc) is 3.41. The van der Waals surface area contributed by atoms with Gasteiger partial charge < -0.3 is 53.6 Å². The van der Waals surface area contributed by atoms with E-state index in [0.717, 1.165) is 0 Å². The summed E-state index contributed by atoms with van der Waals surface area (Å²) in [6, 6.07) is -0.0653. The standard InChI is InChI=1S/C40H73NO12/c1-15-16-28-40(12,46)33(43)23(6)31-21(4)18-39(11,53-31)35(52-37-30(42)27(17-22(5)48-37)41(13)20(2)3)24(7)32(25(8)36(45)50-28)51-29-19-38(10,47-14)34(44)26(9)49-29/h20-35,37,42-44,46H,15-19H2,1-14H3/t21?,22-,23+,24+,25-,26+,27+,28+,29+,30-,31?,32+,33-,34+,35-,37+,38-,39-,40-/m1/s1. The van der Waals surface area contributed by atoms with Crippen LogP contribution in [0.4, 0.5) is 0 Å². The lowest BCUT2D eigenvalue weighted by atomic mass is 9.76. The lowest BCUT2D eigenvalue weighted by molar-refractivity contribution is -0.319. The van der Waals surface area contributed by atoms with Gasteiger partial charge in [-0.3, -0.25) is 9.69 Å². The van der Waals surface area contributed by atoms with Crippen LogP contribution in [0.1, 0.15) is 115 Å². The van der Waals surface area contributed by atoms with Crippen molar-refractivity contribution in [1.82, 2.24) is 4.90 Å². The highest BCUT2D eigenvalue weighted by Gasteiger charge is 2.58. The Hall–Kier alpha value is -0.970. The number of carbonyl (C=O) groups is 1. The number of fused-ring (bicyclic) bond motifs is 2. The molecule has 2 bridgehead atoms. The largest absolute Gasteiger partial charge is 0.459 e. The molecule has 4 rings (SSSR count). The Morgan fingerprint density at radius 3 is 2.17 bits per heavy atom. The van der Waals surface area contributed by atoms with Crippen molar-refractivity contribution in [2.45, 2.75) is 212 Å². The number of carbonyl (C=O) groups excluding carboxylic acids is 1. The van der Waals surface area contributed by atoms with Crippen LogP contribution in [0.3, 0.4) is 0 Å². The normalized spacial score (nSPS) is 50.4. The predicted octanol–water partition coefficient (Wildman–Crippen LogP) is 3.79. The summed E-state index contributed by atoms with van der Waals surface area (Å²) in [6.07, 6.45) is -6.90. The summed E-state index contributed by atoms with van der Waals surface area (Å²) in [5, 5.41) is 46.6. The van der Waals surface area contributed by atoms with Crippen LogP contribution in [-0.4, -0.2) is 142 Å². The van der Waals surface area contributed by atoms with Crippen LogP contribution >= 0.6 is 0 Å². The SMILES string of the molecule is CCC[C@@H]1OC(=O)[C@H](C)[C@@H](O[C@H]2C[C@@](C)(OC)[C@@H](O)[C@H](C)O2)[C@H](C)[C@@H](O[C@@H]2O[C@H](C)C[C@H](N(C)C(C)C)[C@H]2O)[C@@]2(C)CC(C)C(O2)[C@H](C)[C@@H](O)[C@]1(C)O. The summed E-state index contributed by atoms with van der Waals surface area (Å²) in [6.45, 7) is 22.7. The minimum atomic E-state index is -1.79. The molecule has 53 heavy (non-hydrogen) atoms. The number of ether oxygens (including phenoxy) is 7. The first kappa shape index (κ1) is 44.7. The molecule has 19 atom stereocenters. The number of rotatable bonds is 9. The number of methoxy groups -OCH3 is 1. The molecule has 0 amide bonds. The van der Waals surface area contributed by atoms with E-state index in [0.29, 0.717) is 25.7 Å². The third-order valence-corrected chi connectivity index (χ3v) is 13.2. The average molecular weight is 760 g/mol. The van der Waals surface area contributed by atoms with E-state index in [1.165, 1.54) is 14.0 Å². The molecule has 4 aliphatic heterocycles. The molecule has 0 aromatic carbocycles. The van der Waals surface area contributed by atoms with Gasteiger partial charge in [-0.1, -0.05) is 34.1 Å². The molecule has 0 aromatic heterocycles. The van der Waals surface area contributed by atoms with Gasteiger partial charge in [0.05, 0.1) is 53.7 Å². The van der Waals surface area contributed by atoms with Crippen LogP contribution in [0.15, 0.2) is 0 Å². The summed E-state index contributed by atoms with van der Waals surface area (Å²) in [5.41, 5.74) is -3.78. The first-order chi connectivity index (χ1) is 24.5. The molecule has 2 unspecified atom stereocenters. The third-order valence-electron chi connectivity index (χ3n) is 13.2. The zero-order valence-corrected chi connectivity index (χ0v) is 34.9. The van der Waals surface area contributed by atoms with E-state index in [9.17, 15) is 25.2 Å². The summed E-state index contributed by atoms with van der Waals surface area (Å²) in [5.74, 6) is -2.73. The van der Waals surface area contributed by atoms with Crippen LogP contribution in [0.2, 0.25) is 0 Å². The fraction of sp³-hybridized carbons (Fsp3) is 0.975. The molecular weight excluding hydrogens is 686 g/mol. The highest BCUT2D eigenvalue weighted by atomic mass is 16.7. The van der Waals surface area contributed by atoms with Crippen molar-refractivity contribution in [1.29, 1.82) is 0 Å². The molecule has 0 aliphatic carbocycles. The Labute approximate surface area is 318 Å². The van der Waals surface area contributed by atoms with Gasteiger partial charge in [-0.2, -0.15) is 0 Å². The Bertz CT molecular complexity index is 1210. The third kappa shape index (κ3) is 9.11. The zero-order chi connectivity index (χ0) is 40.0. The number of cyclic esters (lactones) is 1. The number of hydrogen-bond donors (Lipinski definition) is 4. The predicted molar refractivity (Wildman–Crippen MR) is 198 cm³/mol. The van der Waals surface area contributed by atoms with E-state index in [-0.39, 0.29) is 30.5 Å². The molecule has 0 radical (unpaired) electrons. The first-order valence-electron chi connectivity index (χ1n) is 20.1. The highest BCUT2D eigenvalue weighted by Crippen LogP contribution is 2.48. The van der Waals surface area contributed by atoms with Crippen molar-refractivity contribution in [2.24, 2.45) is 23.7 Å². The second kappa shape index (κ2) is 17.3. The monoisotopic (exact) mass is 760 g/mol. The summed E-state index contributed by atoms with van der Waals surface area (Å²) in [7, 11) is 3.53. The number of nitrogens with zero attached hydrogens (tertiary/aromatic N) is 1. The first-order valence-corrected chi connectivity index (χ1v) is 20.1. The second-order valence-electron chi connectivity index (χ2n) is 17.9. The number of hydrogen-bond acceptors (Lipinski definition) is 13. The van der Waals surface area contributed by atoms with E-state index < -0.39 is 102 Å². The molecule has 0 saturated carbocycles. The number of aliphatic hydroxyl groups is 4. The van der Waals surface area contributed by atoms with E-state index in [1.54, 1.807) is 20.8 Å². The second-order valence-corrected chi connectivity index (χ2v) is 17.9. The van der Waals surface area contributed by atoms with Gasteiger partial charge in [0.2, 0.25) is 0 Å². The lowest BCUT2D eigenvalue weighted by Crippen LogP contribution is -2.61. The maximum Gasteiger partial charge on any atom is 0.311 e.